The van der Waals surface area contributed by atoms with Gasteiger partial charge in [-0.3, -0.25) is 5.10 Å². The van der Waals surface area contributed by atoms with E-state index in [1.165, 1.54) is 19.3 Å². The fourth-order valence-electron chi connectivity index (χ4n) is 2.28. The van der Waals surface area contributed by atoms with Gasteiger partial charge in [0, 0.05) is 13.1 Å². The van der Waals surface area contributed by atoms with Gasteiger partial charge < -0.3 is 4.90 Å². The first-order valence-electron chi connectivity index (χ1n) is 5.77. The molecule has 0 unspecified atom stereocenters. The summed E-state index contributed by atoms with van der Waals surface area (Å²) in [6, 6.07) is 0. The van der Waals surface area contributed by atoms with E-state index in [-0.39, 0.29) is 0 Å². The zero-order valence-corrected chi connectivity index (χ0v) is 9.40. The van der Waals surface area contributed by atoms with Crippen LogP contribution in [0.1, 0.15) is 25.1 Å². The van der Waals surface area contributed by atoms with Crippen molar-refractivity contribution in [1.29, 1.82) is 0 Å². The van der Waals surface area contributed by atoms with Gasteiger partial charge >= 0.3 is 0 Å². The van der Waals surface area contributed by atoms with Crippen LogP contribution in [-0.2, 0) is 0 Å². The number of hydrogen-bond donors (Lipinski definition) is 1. The minimum Gasteiger partial charge on any atom is -0.356 e. The first kappa shape index (κ1) is 9.57. The number of aromatic amines is 1. The Labute approximate surface area is 93.9 Å². The van der Waals surface area contributed by atoms with Gasteiger partial charge in [-0.05, 0) is 26.2 Å². The second kappa shape index (κ2) is 3.73. The first-order chi connectivity index (χ1) is 7.84. The maximum Gasteiger partial charge on any atom is 0.161 e. The number of rotatable bonds is 1. The van der Waals surface area contributed by atoms with Crippen molar-refractivity contribution in [2.45, 2.75) is 26.2 Å². The molecule has 16 heavy (non-hydrogen) atoms. The Morgan fingerprint density at radius 1 is 1.19 bits per heavy atom. The molecule has 84 valence electrons. The molecule has 0 radical (unpaired) electrons. The normalized spacial score (nSPS) is 16.9. The minimum absolute atomic E-state index is 0.803. The van der Waals surface area contributed by atoms with Crippen LogP contribution >= 0.6 is 0 Å². The Kier molecular flexibility index (Phi) is 2.23. The van der Waals surface area contributed by atoms with Crippen LogP contribution in [0.5, 0.6) is 0 Å². The summed E-state index contributed by atoms with van der Waals surface area (Å²) in [6.07, 6.45) is 5.65. The summed E-state index contributed by atoms with van der Waals surface area (Å²) >= 11 is 0. The summed E-state index contributed by atoms with van der Waals surface area (Å²) in [6.45, 7) is 4.11. The number of nitrogens with zero attached hydrogens (tertiary/aromatic N) is 4. The molecule has 1 saturated heterocycles. The quantitative estimate of drug-likeness (QED) is 0.789. The lowest BCUT2D eigenvalue weighted by molar-refractivity contribution is 0.574. The first-order valence-corrected chi connectivity index (χ1v) is 5.77. The van der Waals surface area contributed by atoms with Crippen LogP contribution in [0, 0.1) is 6.92 Å². The van der Waals surface area contributed by atoms with Crippen molar-refractivity contribution in [1.82, 2.24) is 20.2 Å². The smallest absolute Gasteiger partial charge is 0.161 e. The predicted octanol–water partition coefficient (Wildman–Crippen LogP) is 1.65. The molecule has 5 nitrogen and oxygen atoms in total. The van der Waals surface area contributed by atoms with Gasteiger partial charge in [-0.1, -0.05) is 0 Å². The lowest BCUT2D eigenvalue weighted by Crippen LogP contribution is -2.30. The molecule has 0 aliphatic carbocycles. The van der Waals surface area contributed by atoms with E-state index in [0.717, 1.165) is 35.8 Å². The van der Waals surface area contributed by atoms with Crippen molar-refractivity contribution < 1.29 is 0 Å². The molecule has 0 amide bonds. The predicted molar refractivity (Wildman–Crippen MR) is 62.5 cm³/mol. The number of hydrogen-bond acceptors (Lipinski definition) is 4. The highest BCUT2D eigenvalue weighted by Crippen LogP contribution is 2.24. The van der Waals surface area contributed by atoms with Crippen molar-refractivity contribution in [3.8, 4) is 0 Å². The van der Waals surface area contributed by atoms with Gasteiger partial charge in [0.05, 0.1) is 11.6 Å². The molecule has 1 N–H and O–H groups in total. The van der Waals surface area contributed by atoms with E-state index in [9.17, 15) is 0 Å². The third kappa shape index (κ3) is 1.52. The Hall–Kier alpha value is -1.65. The average Bonchev–Trinajstić information content (AvgIpc) is 2.77. The summed E-state index contributed by atoms with van der Waals surface area (Å²) in [4.78, 5) is 11.2. The van der Waals surface area contributed by atoms with Crippen LogP contribution in [0.2, 0.25) is 0 Å². The largest absolute Gasteiger partial charge is 0.356 e. The molecule has 1 aliphatic heterocycles. The highest BCUT2D eigenvalue weighted by atomic mass is 15.2. The average molecular weight is 217 g/mol. The topological polar surface area (TPSA) is 57.7 Å². The summed E-state index contributed by atoms with van der Waals surface area (Å²) in [5.74, 6) is 1.84. The number of anilines is 1. The number of piperidine rings is 1. The SMILES string of the molecule is Cc1nc(N2CCCCC2)c2cn[nH]c2n1. The summed E-state index contributed by atoms with van der Waals surface area (Å²) in [5.41, 5.74) is 0.841. The molecule has 0 spiro atoms. The number of aryl methyl sites for hydroxylation is 1. The lowest BCUT2D eigenvalue weighted by atomic mass is 10.1. The number of H-pyrrole nitrogens is 1. The van der Waals surface area contributed by atoms with Gasteiger partial charge in [0.2, 0.25) is 0 Å². The molecule has 3 heterocycles. The van der Waals surface area contributed by atoms with Crippen molar-refractivity contribution in [3.05, 3.63) is 12.0 Å². The molecule has 0 atom stereocenters. The zero-order chi connectivity index (χ0) is 11.0. The fourth-order valence-corrected chi connectivity index (χ4v) is 2.28. The van der Waals surface area contributed by atoms with Crippen LogP contribution in [0.4, 0.5) is 5.82 Å². The molecule has 5 heteroatoms. The van der Waals surface area contributed by atoms with E-state index < -0.39 is 0 Å². The van der Waals surface area contributed by atoms with E-state index in [4.69, 9.17) is 0 Å². The minimum atomic E-state index is 0.803. The second-order valence-corrected chi connectivity index (χ2v) is 4.27. The van der Waals surface area contributed by atoms with E-state index in [0.29, 0.717) is 0 Å². The molecule has 0 aromatic carbocycles. The van der Waals surface area contributed by atoms with Crippen LogP contribution in [0.25, 0.3) is 11.0 Å². The number of fused-ring (bicyclic) bond motifs is 1. The Balaban J connectivity index is 2.09. The zero-order valence-electron chi connectivity index (χ0n) is 9.40. The highest BCUT2D eigenvalue weighted by molar-refractivity contribution is 5.86. The third-order valence-electron chi connectivity index (χ3n) is 3.06. The van der Waals surface area contributed by atoms with Crippen LogP contribution in [-0.4, -0.2) is 33.3 Å². The van der Waals surface area contributed by atoms with Gasteiger partial charge in [-0.15, -0.1) is 0 Å². The van der Waals surface area contributed by atoms with Crippen LogP contribution in [0.3, 0.4) is 0 Å². The van der Waals surface area contributed by atoms with Crippen molar-refractivity contribution >= 4 is 16.9 Å². The molecule has 2 aromatic heterocycles. The Bertz CT molecular complexity index is 498. The van der Waals surface area contributed by atoms with Crippen molar-refractivity contribution in [3.63, 3.8) is 0 Å². The molecule has 0 bridgehead atoms. The molecule has 0 saturated carbocycles. The monoisotopic (exact) mass is 217 g/mol. The van der Waals surface area contributed by atoms with Crippen LogP contribution in [0.15, 0.2) is 6.20 Å². The van der Waals surface area contributed by atoms with E-state index in [1.807, 2.05) is 13.1 Å². The Morgan fingerprint density at radius 3 is 2.81 bits per heavy atom. The van der Waals surface area contributed by atoms with E-state index in [2.05, 4.69) is 25.1 Å². The molecular formula is C11H15N5. The van der Waals surface area contributed by atoms with Crippen molar-refractivity contribution in [2.75, 3.05) is 18.0 Å². The standard InChI is InChI=1S/C11H15N5/c1-8-13-10-9(7-12-15-10)11(14-8)16-5-3-2-4-6-16/h7H,2-6H2,1H3,(H,12,13,14,15). The highest BCUT2D eigenvalue weighted by Gasteiger charge is 2.16. The molecular weight excluding hydrogens is 202 g/mol. The molecule has 3 rings (SSSR count). The summed E-state index contributed by atoms with van der Waals surface area (Å²) < 4.78 is 0. The van der Waals surface area contributed by atoms with Gasteiger partial charge in [0.25, 0.3) is 0 Å². The van der Waals surface area contributed by atoms with Gasteiger partial charge in [0.15, 0.2) is 5.65 Å². The summed E-state index contributed by atoms with van der Waals surface area (Å²) in [7, 11) is 0. The van der Waals surface area contributed by atoms with E-state index in [1.54, 1.807) is 0 Å². The molecule has 1 aliphatic rings. The van der Waals surface area contributed by atoms with Gasteiger partial charge in [-0.2, -0.15) is 5.10 Å². The van der Waals surface area contributed by atoms with Gasteiger partial charge in [-0.25, -0.2) is 9.97 Å². The second-order valence-electron chi connectivity index (χ2n) is 4.27. The molecule has 2 aromatic rings. The van der Waals surface area contributed by atoms with Crippen LogP contribution < -0.4 is 4.90 Å². The maximum atomic E-state index is 4.55. The lowest BCUT2D eigenvalue weighted by Gasteiger charge is -2.28. The fraction of sp³-hybridized carbons (Fsp3) is 0.545. The maximum absolute atomic E-state index is 4.55. The molecule has 1 fully saturated rings. The Morgan fingerprint density at radius 2 is 2.00 bits per heavy atom. The van der Waals surface area contributed by atoms with Crippen molar-refractivity contribution in [2.24, 2.45) is 0 Å². The number of aromatic nitrogens is 4. The third-order valence-corrected chi connectivity index (χ3v) is 3.06. The van der Waals surface area contributed by atoms with E-state index >= 15 is 0 Å². The summed E-state index contributed by atoms with van der Waals surface area (Å²) in [5, 5.41) is 7.99. The van der Waals surface area contributed by atoms with Gasteiger partial charge in [0.1, 0.15) is 11.6 Å². The number of nitrogens with one attached hydrogen (secondary N) is 1.